The number of esters is 1. The van der Waals surface area contributed by atoms with Crippen molar-refractivity contribution >= 4 is 5.97 Å². The highest BCUT2D eigenvalue weighted by atomic mass is 19.3. The molecule has 0 aliphatic rings. The van der Waals surface area contributed by atoms with Gasteiger partial charge in [0.25, 0.3) is 0 Å². The van der Waals surface area contributed by atoms with Gasteiger partial charge in [-0.05, 0) is 11.6 Å². The summed E-state index contributed by atoms with van der Waals surface area (Å²) < 4.78 is 31.6. The molecule has 2 nitrogen and oxygen atoms in total. The van der Waals surface area contributed by atoms with Crippen LogP contribution in [0.5, 0.6) is 0 Å². The Bertz CT molecular complexity index is 374. The zero-order chi connectivity index (χ0) is 12.2. The van der Waals surface area contributed by atoms with Crippen LogP contribution in [0.2, 0.25) is 0 Å². The molecule has 0 bridgehead atoms. The topological polar surface area (TPSA) is 26.3 Å². The van der Waals surface area contributed by atoms with Crippen LogP contribution in [0.3, 0.4) is 0 Å². The summed E-state index contributed by atoms with van der Waals surface area (Å²) in [5, 5.41) is 0. The Labute approximate surface area is 92.5 Å². The molecular weight excluding hydrogens is 214 g/mol. The molecule has 0 aliphatic carbocycles. The summed E-state index contributed by atoms with van der Waals surface area (Å²) in [4.78, 5) is 10.8. The second-order valence-electron chi connectivity index (χ2n) is 3.28. The Morgan fingerprint density at radius 2 is 2.00 bits per heavy atom. The minimum absolute atomic E-state index is 0.239. The van der Waals surface area contributed by atoms with Gasteiger partial charge in [-0.1, -0.05) is 36.9 Å². The number of hydrogen-bond acceptors (Lipinski definition) is 2. The average Bonchev–Trinajstić information content (AvgIpc) is 2.27. The smallest absolute Gasteiger partial charge is 0.306 e. The van der Waals surface area contributed by atoms with E-state index in [2.05, 4.69) is 11.3 Å². The SMILES string of the molecule is C=CC(F)(F)[C@@H](OC(C)=O)c1ccccc1. The summed E-state index contributed by atoms with van der Waals surface area (Å²) >= 11 is 0. The first-order valence-corrected chi connectivity index (χ1v) is 4.71. The van der Waals surface area contributed by atoms with Crippen LogP contribution in [-0.2, 0) is 9.53 Å². The van der Waals surface area contributed by atoms with Gasteiger partial charge >= 0.3 is 11.9 Å². The van der Waals surface area contributed by atoms with Crippen LogP contribution in [0, 0.1) is 0 Å². The molecule has 1 aromatic rings. The monoisotopic (exact) mass is 226 g/mol. The highest BCUT2D eigenvalue weighted by Gasteiger charge is 2.40. The molecule has 0 saturated heterocycles. The van der Waals surface area contributed by atoms with Gasteiger partial charge in [0.2, 0.25) is 0 Å². The Hall–Kier alpha value is -1.71. The predicted octanol–water partition coefficient (Wildman–Crippen LogP) is 3.11. The lowest BCUT2D eigenvalue weighted by Crippen LogP contribution is -2.27. The third kappa shape index (κ3) is 2.89. The molecule has 0 unspecified atom stereocenters. The van der Waals surface area contributed by atoms with Crippen molar-refractivity contribution in [1.29, 1.82) is 0 Å². The van der Waals surface area contributed by atoms with E-state index in [-0.39, 0.29) is 5.56 Å². The summed E-state index contributed by atoms with van der Waals surface area (Å²) in [6, 6.07) is 7.85. The van der Waals surface area contributed by atoms with Crippen molar-refractivity contribution in [2.45, 2.75) is 19.0 Å². The number of rotatable bonds is 4. The third-order valence-corrected chi connectivity index (χ3v) is 2.01. The Morgan fingerprint density at radius 3 is 2.44 bits per heavy atom. The highest BCUT2D eigenvalue weighted by Crippen LogP contribution is 2.35. The van der Waals surface area contributed by atoms with E-state index in [0.717, 1.165) is 6.92 Å². The fraction of sp³-hybridized carbons (Fsp3) is 0.250. The quantitative estimate of drug-likeness (QED) is 0.582. The van der Waals surface area contributed by atoms with Crippen molar-refractivity contribution < 1.29 is 18.3 Å². The number of ether oxygens (including phenoxy) is 1. The Balaban J connectivity index is 3.06. The summed E-state index contributed by atoms with van der Waals surface area (Å²) in [5.41, 5.74) is 0.239. The van der Waals surface area contributed by atoms with Crippen LogP contribution < -0.4 is 0 Å². The molecule has 0 radical (unpaired) electrons. The lowest BCUT2D eigenvalue weighted by molar-refractivity contribution is -0.164. The standard InChI is InChI=1S/C12H12F2O2/c1-3-12(13,14)11(16-9(2)15)10-7-5-4-6-8-10/h3-8,11H,1H2,2H3/t11-/m0/s1. The molecule has 0 N–H and O–H groups in total. The predicted molar refractivity (Wildman–Crippen MR) is 56.1 cm³/mol. The number of alkyl halides is 2. The highest BCUT2D eigenvalue weighted by molar-refractivity contribution is 5.66. The maximum absolute atomic E-state index is 13.5. The zero-order valence-electron chi connectivity index (χ0n) is 8.82. The number of hydrogen-bond donors (Lipinski definition) is 0. The molecule has 4 heteroatoms. The lowest BCUT2D eigenvalue weighted by atomic mass is 10.0. The maximum Gasteiger partial charge on any atom is 0.306 e. The van der Waals surface area contributed by atoms with E-state index in [1.807, 2.05) is 0 Å². The van der Waals surface area contributed by atoms with Crippen LogP contribution in [0.1, 0.15) is 18.6 Å². The average molecular weight is 226 g/mol. The van der Waals surface area contributed by atoms with Crippen molar-refractivity contribution in [2.24, 2.45) is 0 Å². The van der Waals surface area contributed by atoms with Gasteiger partial charge in [0, 0.05) is 6.92 Å². The van der Waals surface area contributed by atoms with Crippen LogP contribution in [0.15, 0.2) is 43.0 Å². The van der Waals surface area contributed by atoms with Crippen molar-refractivity contribution in [3.05, 3.63) is 48.6 Å². The van der Waals surface area contributed by atoms with Gasteiger partial charge < -0.3 is 4.74 Å². The van der Waals surface area contributed by atoms with Gasteiger partial charge in [0.15, 0.2) is 6.10 Å². The first-order valence-electron chi connectivity index (χ1n) is 4.71. The van der Waals surface area contributed by atoms with E-state index in [1.54, 1.807) is 18.2 Å². The van der Waals surface area contributed by atoms with Gasteiger partial charge in [-0.3, -0.25) is 4.79 Å². The minimum atomic E-state index is -3.28. The van der Waals surface area contributed by atoms with Crippen LogP contribution in [-0.4, -0.2) is 11.9 Å². The van der Waals surface area contributed by atoms with E-state index < -0.39 is 18.0 Å². The lowest BCUT2D eigenvalue weighted by Gasteiger charge is -2.23. The summed E-state index contributed by atoms with van der Waals surface area (Å²) in [6.07, 6.45) is -1.14. The molecular formula is C12H12F2O2. The summed E-state index contributed by atoms with van der Waals surface area (Å²) in [7, 11) is 0. The zero-order valence-corrected chi connectivity index (χ0v) is 8.82. The number of carbonyl (C=O) groups is 1. The maximum atomic E-state index is 13.5. The normalized spacial score (nSPS) is 12.9. The van der Waals surface area contributed by atoms with Gasteiger partial charge in [-0.25, -0.2) is 0 Å². The fourth-order valence-corrected chi connectivity index (χ4v) is 1.27. The van der Waals surface area contributed by atoms with Crippen molar-refractivity contribution in [2.75, 3.05) is 0 Å². The van der Waals surface area contributed by atoms with E-state index >= 15 is 0 Å². The number of benzene rings is 1. The molecule has 1 rings (SSSR count). The minimum Gasteiger partial charge on any atom is -0.451 e. The third-order valence-electron chi connectivity index (χ3n) is 2.01. The van der Waals surface area contributed by atoms with Gasteiger partial charge in [-0.2, -0.15) is 8.78 Å². The van der Waals surface area contributed by atoms with Crippen LogP contribution in [0.4, 0.5) is 8.78 Å². The second kappa shape index (κ2) is 4.88. The van der Waals surface area contributed by atoms with Crippen molar-refractivity contribution in [3.63, 3.8) is 0 Å². The molecule has 0 aliphatic heterocycles. The van der Waals surface area contributed by atoms with Crippen LogP contribution >= 0.6 is 0 Å². The van der Waals surface area contributed by atoms with Crippen LogP contribution in [0.25, 0.3) is 0 Å². The molecule has 0 saturated carbocycles. The van der Waals surface area contributed by atoms with E-state index in [4.69, 9.17) is 0 Å². The molecule has 0 amide bonds. The number of carbonyl (C=O) groups excluding carboxylic acids is 1. The molecule has 1 atom stereocenters. The van der Waals surface area contributed by atoms with Gasteiger partial charge in [-0.15, -0.1) is 0 Å². The van der Waals surface area contributed by atoms with E-state index in [0.29, 0.717) is 6.08 Å². The van der Waals surface area contributed by atoms with Crippen molar-refractivity contribution in [3.8, 4) is 0 Å². The second-order valence-corrected chi connectivity index (χ2v) is 3.28. The Kier molecular flexibility index (Phi) is 3.77. The number of halogens is 2. The summed E-state index contributed by atoms with van der Waals surface area (Å²) in [5.74, 6) is -4.04. The fourth-order valence-electron chi connectivity index (χ4n) is 1.27. The Morgan fingerprint density at radius 1 is 1.44 bits per heavy atom. The molecule has 0 aromatic heterocycles. The van der Waals surface area contributed by atoms with E-state index in [1.165, 1.54) is 12.1 Å². The molecule has 1 aromatic carbocycles. The first-order chi connectivity index (χ1) is 7.47. The van der Waals surface area contributed by atoms with Gasteiger partial charge in [0.05, 0.1) is 0 Å². The molecule has 0 spiro atoms. The largest absolute Gasteiger partial charge is 0.451 e. The first kappa shape index (κ1) is 12.4. The summed E-state index contributed by atoms with van der Waals surface area (Å²) in [6.45, 7) is 4.14. The molecule has 16 heavy (non-hydrogen) atoms. The molecule has 86 valence electrons. The van der Waals surface area contributed by atoms with Crippen molar-refractivity contribution in [1.82, 2.24) is 0 Å². The molecule has 0 heterocycles. The van der Waals surface area contributed by atoms with Gasteiger partial charge in [0.1, 0.15) is 0 Å². The molecule has 0 fully saturated rings. The van der Waals surface area contributed by atoms with E-state index in [9.17, 15) is 13.6 Å².